The molecule has 1 aliphatic carbocycles. The van der Waals surface area contributed by atoms with Crippen molar-refractivity contribution in [1.29, 1.82) is 5.26 Å². The lowest BCUT2D eigenvalue weighted by Crippen LogP contribution is -2.17. The Labute approximate surface area is 162 Å². The summed E-state index contributed by atoms with van der Waals surface area (Å²) >= 11 is 3.55. The van der Waals surface area contributed by atoms with Crippen LogP contribution in [0.5, 0.6) is 5.88 Å². The second-order valence-corrected chi connectivity index (χ2v) is 7.30. The third-order valence-corrected chi connectivity index (χ3v) is 5.08. The molecule has 1 atom stereocenters. The van der Waals surface area contributed by atoms with Gasteiger partial charge in [0.05, 0.1) is 33.8 Å². The fourth-order valence-corrected chi connectivity index (χ4v) is 3.29. The molecule has 6 heteroatoms. The Balaban J connectivity index is 1.74. The number of nitrogens with zero attached hydrogens (tertiary/aromatic N) is 4. The van der Waals surface area contributed by atoms with Crippen LogP contribution >= 0.6 is 15.9 Å². The summed E-state index contributed by atoms with van der Waals surface area (Å²) in [5, 5.41) is 9.04. The number of benzene rings is 1. The fourth-order valence-electron chi connectivity index (χ4n) is 2.89. The number of hydrogen-bond acceptors (Lipinski definition) is 4. The lowest BCUT2D eigenvalue weighted by molar-refractivity contribution is 0.203. The molecule has 0 fully saturated rings. The minimum absolute atomic E-state index is 0.0303. The number of halogens is 1. The van der Waals surface area contributed by atoms with Crippen molar-refractivity contribution in [2.45, 2.75) is 32.8 Å². The van der Waals surface area contributed by atoms with E-state index in [1.54, 1.807) is 6.34 Å². The third kappa shape index (κ3) is 4.05. The molecule has 5 nitrogen and oxygen atoms in total. The van der Waals surface area contributed by atoms with Crippen molar-refractivity contribution in [2.24, 2.45) is 4.99 Å². The first kappa shape index (κ1) is 18.4. The summed E-state index contributed by atoms with van der Waals surface area (Å²) in [5.41, 5.74) is 4.76. The van der Waals surface area contributed by atoms with Crippen molar-refractivity contribution >= 4 is 28.0 Å². The van der Waals surface area contributed by atoms with Gasteiger partial charge in [-0.1, -0.05) is 6.07 Å². The number of hydrogen-bond donors (Lipinski definition) is 0. The molecule has 0 radical (unpaired) electrons. The molecule has 1 unspecified atom stereocenters. The summed E-state index contributed by atoms with van der Waals surface area (Å²) in [6.45, 7) is 4.90. The standard InChI is InChI=1S/C20H21BrN4O/c1-4-25(3)12-23-19-10-18(21)20(24-13(19)2)26-17-8-15-6-5-14(11-22)7-16(15)9-17/h5-7,10,12,17H,4,8-9H2,1-3H3/b23-12+. The Kier molecular flexibility index (Phi) is 5.58. The quantitative estimate of drug-likeness (QED) is 0.545. The van der Waals surface area contributed by atoms with E-state index in [2.05, 4.69) is 38.9 Å². The van der Waals surface area contributed by atoms with Crippen molar-refractivity contribution < 1.29 is 4.74 Å². The number of fused-ring (bicyclic) bond motifs is 1. The van der Waals surface area contributed by atoms with Gasteiger partial charge in [-0.05, 0) is 59.1 Å². The molecule has 26 heavy (non-hydrogen) atoms. The molecule has 3 rings (SSSR count). The summed E-state index contributed by atoms with van der Waals surface area (Å²) in [7, 11) is 1.98. The minimum Gasteiger partial charge on any atom is -0.473 e. The molecule has 2 aromatic rings. The van der Waals surface area contributed by atoms with Gasteiger partial charge >= 0.3 is 0 Å². The summed E-state index contributed by atoms with van der Waals surface area (Å²) in [4.78, 5) is 11.1. The molecule has 0 aliphatic heterocycles. The third-order valence-electron chi connectivity index (χ3n) is 4.51. The minimum atomic E-state index is 0.0303. The molecule has 134 valence electrons. The molecule has 0 saturated carbocycles. The number of nitriles is 1. The molecule has 0 saturated heterocycles. The van der Waals surface area contributed by atoms with E-state index in [0.717, 1.165) is 35.2 Å². The van der Waals surface area contributed by atoms with Crippen LogP contribution in [0.25, 0.3) is 0 Å². The van der Waals surface area contributed by atoms with Crippen LogP contribution in [0.15, 0.2) is 33.7 Å². The summed E-state index contributed by atoms with van der Waals surface area (Å²) in [6.07, 6.45) is 3.45. The lowest BCUT2D eigenvalue weighted by atomic mass is 10.1. The Hall–Kier alpha value is -2.39. The van der Waals surface area contributed by atoms with Crippen LogP contribution in [0.1, 0.15) is 29.3 Å². The van der Waals surface area contributed by atoms with Gasteiger partial charge in [0.1, 0.15) is 6.10 Å². The van der Waals surface area contributed by atoms with Crippen molar-refractivity contribution in [3.8, 4) is 11.9 Å². The number of aryl methyl sites for hydroxylation is 1. The van der Waals surface area contributed by atoms with E-state index in [1.807, 2.05) is 43.1 Å². The predicted molar refractivity (Wildman–Crippen MR) is 106 cm³/mol. The molecular weight excluding hydrogens is 392 g/mol. The monoisotopic (exact) mass is 412 g/mol. The zero-order chi connectivity index (χ0) is 18.7. The zero-order valence-corrected chi connectivity index (χ0v) is 16.7. The Morgan fingerprint density at radius 2 is 2.15 bits per heavy atom. The molecule has 0 spiro atoms. The number of aromatic nitrogens is 1. The molecule has 1 aromatic heterocycles. The smallest absolute Gasteiger partial charge is 0.228 e. The fraction of sp³-hybridized carbons (Fsp3) is 0.350. The van der Waals surface area contributed by atoms with Crippen LogP contribution < -0.4 is 4.74 Å². The highest BCUT2D eigenvalue weighted by molar-refractivity contribution is 9.10. The number of ether oxygens (including phenoxy) is 1. The van der Waals surface area contributed by atoms with Crippen LogP contribution in [-0.2, 0) is 12.8 Å². The molecule has 0 N–H and O–H groups in total. The van der Waals surface area contributed by atoms with Gasteiger partial charge in [0.25, 0.3) is 0 Å². The van der Waals surface area contributed by atoms with Crippen molar-refractivity contribution in [3.05, 3.63) is 51.1 Å². The summed E-state index contributed by atoms with van der Waals surface area (Å²) in [5.74, 6) is 0.587. The molecular formula is C20H21BrN4O. The Morgan fingerprint density at radius 1 is 1.38 bits per heavy atom. The van der Waals surface area contributed by atoms with Crippen LogP contribution in [0.4, 0.5) is 5.69 Å². The largest absolute Gasteiger partial charge is 0.473 e. The first-order valence-corrected chi connectivity index (χ1v) is 9.39. The maximum Gasteiger partial charge on any atom is 0.228 e. The Morgan fingerprint density at radius 3 is 2.88 bits per heavy atom. The SMILES string of the molecule is CCN(C)/C=N/c1cc(Br)c(OC2Cc3ccc(C#N)cc3C2)nc1C. The van der Waals surface area contributed by atoms with Gasteiger partial charge in [0.15, 0.2) is 0 Å². The highest BCUT2D eigenvalue weighted by atomic mass is 79.9. The van der Waals surface area contributed by atoms with Crippen LogP contribution in [0.2, 0.25) is 0 Å². The van der Waals surface area contributed by atoms with Crippen molar-refractivity contribution in [2.75, 3.05) is 13.6 Å². The highest BCUT2D eigenvalue weighted by Gasteiger charge is 2.24. The normalized spacial score (nSPS) is 15.7. The van der Waals surface area contributed by atoms with E-state index < -0.39 is 0 Å². The molecule has 0 bridgehead atoms. The second kappa shape index (κ2) is 7.88. The van der Waals surface area contributed by atoms with E-state index in [9.17, 15) is 0 Å². The second-order valence-electron chi connectivity index (χ2n) is 6.44. The van der Waals surface area contributed by atoms with E-state index >= 15 is 0 Å². The van der Waals surface area contributed by atoms with Gasteiger partial charge in [-0.3, -0.25) is 0 Å². The van der Waals surface area contributed by atoms with Gasteiger partial charge in [-0.2, -0.15) is 5.26 Å². The van der Waals surface area contributed by atoms with Gasteiger partial charge in [0, 0.05) is 26.4 Å². The maximum absolute atomic E-state index is 9.04. The van der Waals surface area contributed by atoms with E-state index in [0.29, 0.717) is 11.4 Å². The van der Waals surface area contributed by atoms with Crippen molar-refractivity contribution in [1.82, 2.24) is 9.88 Å². The van der Waals surface area contributed by atoms with Crippen molar-refractivity contribution in [3.63, 3.8) is 0 Å². The van der Waals surface area contributed by atoms with Crippen LogP contribution in [0, 0.1) is 18.3 Å². The Bertz CT molecular complexity index is 888. The van der Waals surface area contributed by atoms with Gasteiger partial charge in [-0.25, -0.2) is 9.98 Å². The number of aliphatic imine (C=N–C) groups is 1. The average molecular weight is 413 g/mol. The summed E-state index contributed by atoms with van der Waals surface area (Å²) in [6, 6.07) is 9.96. The van der Waals surface area contributed by atoms with Crippen LogP contribution in [-0.4, -0.2) is 35.9 Å². The topological polar surface area (TPSA) is 61.5 Å². The van der Waals surface area contributed by atoms with E-state index in [1.165, 1.54) is 11.1 Å². The average Bonchev–Trinajstić information content (AvgIpc) is 3.04. The van der Waals surface area contributed by atoms with E-state index in [-0.39, 0.29) is 6.10 Å². The van der Waals surface area contributed by atoms with E-state index in [4.69, 9.17) is 10.00 Å². The molecule has 1 heterocycles. The van der Waals surface area contributed by atoms with Gasteiger partial charge in [-0.15, -0.1) is 0 Å². The molecule has 0 amide bonds. The first-order chi connectivity index (χ1) is 12.5. The zero-order valence-electron chi connectivity index (χ0n) is 15.2. The summed E-state index contributed by atoms with van der Waals surface area (Å²) < 4.78 is 6.94. The number of pyridine rings is 1. The first-order valence-electron chi connectivity index (χ1n) is 8.60. The molecule has 1 aliphatic rings. The highest BCUT2D eigenvalue weighted by Crippen LogP contribution is 2.33. The van der Waals surface area contributed by atoms with Gasteiger partial charge < -0.3 is 9.64 Å². The predicted octanol–water partition coefficient (Wildman–Crippen LogP) is 4.18. The number of rotatable bonds is 5. The lowest BCUT2D eigenvalue weighted by Gasteiger charge is -2.15. The van der Waals surface area contributed by atoms with Gasteiger partial charge in [0.2, 0.25) is 5.88 Å². The van der Waals surface area contributed by atoms with Crippen LogP contribution in [0.3, 0.4) is 0 Å². The molecule has 1 aromatic carbocycles. The maximum atomic E-state index is 9.04.